The van der Waals surface area contributed by atoms with Crippen LogP contribution in [0.15, 0.2) is 54.7 Å². The molecule has 3 aromatic rings. The zero-order valence-corrected chi connectivity index (χ0v) is 27.2. The quantitative estimate of drug-likeness (QED) is 0.0914. The second kappa shape index (κ2) is 18.6. The van der Waals surface area contributed by atoms with Gasteiger partial charge in [-0.3, -0.25) is 24.2 Å². The summed E-state index contributed by atoms with van der Waals surface area (Å²) in [5, 5.41) is 39.6. The minimum Gasteiger partial charge on any atom is -0.508 e. The largest absolute Gasteiger partial charge is 0.508 e. The third-order valence-corrected chi connectivity index (χ3v) is 8.58. The third kappa shape index (κ3) is 12.0. The number of nitrogens with two attached hydrogens (primary N) is 1. The molecule has 0 aliphatic heterocycles. The van der Waals surface area contributed by atoms with Gasteiger partial charge in [-0.1, -0.05) is 24.3 Å². The molecule has 9 N–H and O–H groups in total. The standard InChI is InChI=1S/C31H38N6O8S2/c1-46-12-10-23(31(44)45)37-30(43)24(17-47-16-19-6-9-25(39)28-21(19)3-2-11-33-28)36-27(41)15-34-26(40)14-35-29(42)22(32)13-18-4-7-20(38)8-5-18/h2-9,11,22-24,38-39H,10,12-17,32H2,1H3,(H,34,40)(H,35,42)(H,36,41)(H,37,43)(H,44,45)/t22-,23-,24-/m0/s1. The van der Waals surface area contributed by atoms with Crippen LogP contribution in [0.1, 0.15) is 17.5 Å². The number of rotatable bonds is 18. The first-order valence-corrected chi connectivity index (χ1v) is 17.1. The van der Waals surface area contributed by atoms with E-state index in [1.54, 1.807) is 30.5 Å². The Hall–Kier alpha value is -4.54. The Balaban J connectivity index is 1.56. The number of hydrogen-bond acceptors (Lipinski definition) is 11. The molecule has 3 atom stereocenters. The predicted octanol–water partition coefficient (Wildman–Crippen LogP) is 0.489. The highest BCUT2D eigenvalue weighted by Gasteiger charge is 2.27. The summed E-state index contributed by atoms with van der Waals surface area (Å²) >= 11 is 2.73. The minimum absolute atomic E-state index is 0.0300. The molecule has 0 saturated carbocycles. The van der Waals surface area contributed by atoms with E-state index in [-0.39, 0.29) is 30.1 Å². The Morgan fingerprint density at radius 3 is 2.32 bits per heavy atom. The number of nitrogens with one attached hydrogen (secondary N) is 4. The maximum Gasteiger partial charge on any atom is 0.326 e. The monoisotopic (exact) mass is 686 g/mol. The predicted molar refractivity (Wildman–Crippen MR) is 180 cm³/mol. The van der Waals surface area contributed by atoms with Crippen LogP contribution >= 0.6 is 23.5 Å². The Bertz CT molecular complexity index is 1560. The molecule has 0 aliphatic carbocycles. The molecule has 0 spiro atoms. The number of carbonyl (C=O) groups excluding carboxylic acids is 4. The molecule has 47 heavy (non-hydrogen) atoms. The van der Waals surface area contributed by atoms with E-state index in [4.69, 9.17) is 5.73 Å². The van der Waals surface area contributed by atoms with Crippen LogP contribution in [-0.2, 0) is 36.1 Å². The fourth-order valence-electron chi connectivity index (χ4n) is 4.34. The molecule has 0 radical (unpaired) electrons. The summed E-state index contributed by atoms with van der Waals surface area (Å²) in [5.74, 6) is -2.80. The lowest BCUT2D eigenvalue weighted by Gasteiger charge is -2.21. The molecule has 1 heterocycles. The van der Waals surface area contributed by atoms with Crippen molar-refractivity contribution in [2.45, 2.75) is 36.7 Å². The Morgan fingerprint density at radius 2 is 1.62 bits per heavy atom. The van der Waals surface area contributed by atoms with Gasteiger partial charge < -0.3 is 42.3 Å². The van der Waals surface area contributed by atoms with Gasteiger partial charge in [-0.15, -0.1) is 0 Å². The van der Waals surface area contributed by atoms with Crippen molar-refractivity contribution in [1.29, 1.82) is 0 Å². The zero-order valence-electron chi connectivity index (χ0n) is 25.6. The topological polar surface area (TPSA) is 233 Å². The molecule has 14 nitrogen and oxygen atoms in total. The number of fused-ring (bicyclic) bond motifs is 1. The van der Waals surface area contributed by atoms with Crippen LogP contribution in [0.3, 0.4) is 0 Å². The molecular weight excluding hydrogens is 649 g/mol. The van der Waals surface area contributed by atoms with E-state index in [1.165, 1.54) is 41.7 Å². The van der Waals surface area contributed by atoms with E-state index < -0.39 is 60.8 Å². The maximum atomic E-state index is 13.2. The first kappa shape index (κ1) is 36.9. The number of carboxylic acid groups (broad SMARTS) is 1. The molecule has 1 aromatic heterocycles. The van der Waals surface area contributed by atoms with Crippen LogP contribution in [-0.4, -0.2) is 98.9 Å². The second-order valence-electron chi connectivity index (χ2n) is 10.4. The number of hydrogen-bond donors (Lipinski definition) is 8. The molecule has 0 aliphatic rings. The number of phenolic OH excluding ortho intramolecular Hbond substituents is 2. The molecule has 0 saturated heterocycles. The fourth-order valence-corrected chi connectivity index (χ4v) is 5.87. The molecule has 0 unspecified atom stereocenters. The number of aromatic nitrogens is 1. The number of thioether (sulfide) groups is 2. The number of pyridine rings is 1. The SMILES string of the molecule is CSCC[C@H](NC(=O)[C@H](CSCc1ccc(O)c2ncccc12)NC(=O)CNC(=O)CNC(=O)[C@@H](N)Cc1ccc(O)cc1)C(=O)O. The summed E-state index contributed by atoms with van der Waals surface area (Å²) in [5.41, 5.74) is 7.89. The van der Waals surface area contributed by atoms with E-state index in [0.29, 0.717) is 17.0 Å². The highest BCUT2D eigenvalue weighted by atomic mass is 32.2. The van der Waals surface area contributed by atoms with Gasteiger partial charge in [0.2, 0.25) is 23.6 Å². The summed E-state index contributed by atoms with van der Waals surface area (Å²) in [6.07, 6.45) is 3.74. The van der Waals surface area contributed by atoms with Gasteiger partial charge >= 0.3 is 5.97 Å². The summed E-state index contributed by atoms with van der Waals surface area (Å²) < 4.78 is 0. The third-order valence-electron chi connectivity index (χ3n) is 6.86. The first-order valence-electron chi connectivity index (χ1n) is 14.5. The zero-order chi connectivity index (χ0) is 34.3. The summed E-state index contributed by atoms with van der Waals surface area (Å²) in [6.45, 7) is -0.952. The Labute approximate surface area is 279 Å². The molecule has 252 valence electrons. The molecule has 0 fully saturated rings. The summed E-state index contributed by atoms with van der Waals surface area (Å²) in [4.78, 5) is 66.5. The van der Waals surface area contributed by atoms with Gasteiger partial charge in [-0.05, 0) is 60.2 Å². The number of nitrogens with zero attached hydrogens (tertiary/aromatic N) is 1. The fraction of sp³-hybridized carbons (Fsp3) is 0.355. The van der Waals surface area contributed by atoms with E-state index in [0.717, 1.165) is 16.5 Å². The van der Waals surface area contributed by atoms with Gasteiger partial charge in [0.1, 0.15) is 29.1 Å². The van der Waals surface area contributed by atoms with Crippen molar-refractivity contribution in [3.8, 4) is 11.5 Å². The average Bonchev–Trinajstić information content (AvgIpc) is 3.05. The lowest BCUT2D eigenvalue weighted by atomic mass is 10.1. The molecule has 2 aromatic carbocycles. The van der Waals surface area contributed by atoms with Crippen molar-refractivity contribution < 1.29 is 39.3 Å². The van der Waals surface area contributed by atoms with Crippen molar-refractivity contribution in [3.05, 3.63) is 65.9 Å². The normalized spacial score (nSPS) is 12.8. The number of phenols is 2. The van der Waals surface area contributed by atoms with E-state index >= 15 is 0 Å². The van der Waals surface area contributed by atoms with Crippen molar-refractivity contribution in [2.24, 2.45) is 5.73 Å². The number of amides is 4. The number of carbonyl (C=O) groups is 5. The van der Waals surface area contributed by atoms with Crippen LogP contribution in [0.4, 0.5) is 0 Å². The number of benzene rings is 2. The summed E-state index contributed by atoms with van der Waals surface area (Å²) in [6, 6.07) is 9.74. The molecule has 4 amide bonds. The van der Waals surface area contributed by atoms with Crippen LogP contribution in [0.25, 0.3) is 10.9 Å². The molecular formula is C31H38N6O8S2. The van der Waals surface area contributed by atoms with E-state index in [2.05, 4.69) is 26.3 Å². The molecule has 16 heteroatoms. The Kier molecular flexibility index (Phi) is 14.6. The van der Waals surface area contributed by atoms with Crippen LogP contribution in [0, 0.1) is 0 Å². The lowest BCUT2D eigenvalue weighted by Crippen LogP contribution is -2.54. The Morgan fingerprint density at radius 1 is 0.894 bits per heavy atom. The van der Waals surface area contributed by atoms with Crippen molar-refractivity contribution in [3.63, 3.8) is 0 Å². The van der Waals surface area contributed by atoms with Gasteiger partial charge in [0.25, 0.3) is 0 Å². The van der Waals surface area contributed by atoms with Crippen LogP contribution in [0.2, 0.25) is 0 Å². The van der Waals surface area contributed by atoms with Gasteiger partial charge in [-0.2, -0.15) is 23.5 Å². The van der Waals surface area contributed by atoms with E-state index in [1.807, 2.05) is 12.3 Å². The molecule has 3 rings (SSSR count). The van der Waals surface area contributed by atoms with Gasteiger partial charge in [0.15, 0.2) is 0 Å². The average molecular weight is 687 g/mol. The minimum atomic E-state index is -1.20. The van der Waals surface area contributed by atoms with Crippen molar-refractivity contribution in [1.82, 2.24) is 26.3 Å². The maximum absolute atomic E-state index is 13.2. The first-order chi connectivity index (χ1) is 22.5. The van der Waals surface area contributed by atoms with Gasteiger partial charge in [0.05, 0.1) is 19.1 Å². The molecule has 0 bridgehead atoms. The summed E-state index contributed by atoms with van der Waals surface area (Å²) in [7, 11) is 0. The van der Waals surface area contributed by atoms with E-state index in [9.17, 15) is 39.3 Å². The van der Waals surface area contributed by atoms with Crippen LogP contribution in [0.5, 0.6) is 11.5 Å². The second-order valence-corrected chi connectivity index (χ2v) is 12.4. The number of carboxylic acids is 1. The highest BCUT2D eigenvalue weighted by Crippen LogP contribution is 2.28. The van der Waals surface area contributed by atoms with Gasteiger partial charge in [0, 0.05) is 23.1 Å². The lowest BCUT2D eigenvalue weighted by molar-refractivity contribution is -0.142. The van der Waals surface area contributed by atoms with Crippen LogP contribution < -0.4 is 27.0 Å². The van der Waals surface area contributed by atoms with Crippen molar-refractivity contribution >= 4 is 64.0 Å². The highest BCUT2D eigenvalue weighted by molar-refractivity contribution is 7.98. The smallest absolute Gasteiger partial charge is 0.326 e. The number of aliphatic carboxylic acids is 1. The number of aromatic hydroxyl groups is 2. The van der Waals surface area contributed by atoms with Gasteiger partial charge in [-0.25, -0.2) is 4.79 Å². The van der Waals surface area contributed by atoms with Crippen molar-refractivity contribution in [2.75, 3.05) is 30.9 Å².